The molecule has 166 valence electrons. The summed E-state index contributed by atoms with van der Waals surface area (Å²) in [7, 11) is 0. The van der Waals surface area contributed by atoms with Gasteiger partial charge in [-0.3, -0.25) is 9.59 Å². The zero-order chi connectivity index (χ0) is 23.7. The monoisotopic (exact) mass is 438 g/mol. The number of nitrogens with one attached hydrogen (secondary N) is 2. The van der Waals surface area contributed by atoms with E-state index in [0.717, 1.165) is 33.4 Å². The number of para-hydroxylation sites is 1. The molecule has 4 aromatic rings. The number of nitrogens with zero attached hydrogens (tertiary/aromatic N) is 2. The Labute approximate surface area is 192 Å². The number of fused-ring (bicyclic) bond motifs is 1. The Kier molecular flexibility index (Phi) is 5.89. The number of benzene rings is 2. The van der Waals surface area contributed by atoms with Gasteiger partial charge in [-0.05, 0) is 57.0 Å². The number of amides is 1. The summed E-state index contributed by atoms with van der Waals surface area (Å²) in [5.41, 5.74) is 5.82. The molecule has 0 spiro atoms. The summed E-state index contributed by atoms with van der Waals surface area (Å²) in [6, 6.07) is 19.3. The predicted molar refractivity (Wildman–Crippen MR) is 129 cm³/mol. The number of rotatable bonds is 5. The molecule has 2 aromatic carbocycles. The molecule has 0 aliphatic rings. The fourth-order valence-corrected chi connectivity index (χ4v) is 4.64. The molecule has 0 aliphatic heterocycles. The predicted octanol–water partition coefficient (Wildman–Crippen LogP) is 4.67. The molecular weight excluding hydrogens is 412 g/mol. The first-order valence-corrected chi connectivity index (χ1v) is 10.9. The molecule has 0 saturated heterocycles. The molecule has 2 N–H and O–H groups in total. The molecule has 1 unspecified atom stereocenters. The van der Waals surface area contributed by atoms with Gasteiger partial charge in [-0.15, -0.1) is 0 Å². The van der Waals surface area contributed by atoms with Crippen LogP contribution in [-0.4, -0.2) is 15.5 Å². The van der Waals surface area contributed by atoms with E-state index in [9.17, 15) is 14.9 Å². The fraction of sp³-hybridized carbons (Fsp3) is 0.222. The topological polar surface area (TPSA) is 90.7 Å². The zero-order valence-electron chi connectivity index (χ0n) is 19.2. The minimum Gasteiger partial charge on any atom is -0.348 e. The minimum absolute atomic E-state index is 0.144. The second-order valence-corrected chi connectivity index (χ2v) is 8.35. The number of aromatic nitrogens is 2. The van der Waals surface area contributed by atoms with E-state index in [1.54, 1.807) is 0 Å². The maximum absolute atomic E-state index is 13.3. The van der Waals surface area contributed by atoms with Gasteiger partial charge in [0.25, 0.3) is 11.5 Å². The number of nitriles is 1. The first-order chi connectivity index (χ1) is 15.8. The van der Waals surface area contributed by atoms with Crippen molar-refractivity contribution in [1.29, 1.82) is 5.26 Å². The Bertz CT molecular complexity index is 1470. The molecule has 0 radical (unpaired) electrons. The number of carbonyl (C=O) groups is 1. The summed E-state index contributed by atoms with van der Waals surface area (Å²) in [5.74, 6) is -0.234. The van der Waals surface area contributed by atoms with Crippen LogP contribution in [0.4, 0.5) is 0 Å². The largest absolute Gasteiger partial charge is 0.348 e. The van der Waals surface area contributed by atoms with Crippen molar-refractivity contribution in [3.63, 3.8) is 0 Å². The van der Waals surface area contributed by atoms with Crippen LogP contribution >= 0.6 is 0 Å². The lowest BCUT2D eigenvalue weighted by Crippen LogP contribution is -2.28. The van der Waals surface area contributed by atoms with Crippen LogP contribution in [0.25, 0.3) is 10.9 Å². The second-order valence-electron chi connectivity index (χ2n) is 8.35. The Morgan fingerprint density at radius 3 is 2.55 bits per heavy atom. The Balaban J connectivity index is 1.76. The van der Waals surface area contributed by atoms with E-state index in [-0.39, 0.29) is 24.1 Å². The first kappa shape index (κ1) is 22.1. The fourth-order valence-electron chi connectivity index (χ4n) is 4.64. The van der Waals surface area contributed by atoms with E-state index in [1.807, 2.05) is 82.3 Å². The number of carbonyl (C=O) groups excluding carboxylic acids is 1. The van der Waals surface area contributed by atoms with Gasteiger partial charge in [-0.1, -0.05) is 36.4 Å². The summed E-state index contributed by atoms with van der Waals surface area (Å²) in [6.45, 7) is 7.80. The number of hydrogen-bond donors (Lipinski definition) is 2. The van der Waals surface area contributed by atoms with E-state index in [4.69, 9.17) is 0 Å². The summed E-state index contributed by atoms with van der Waals surface area (Å²) >= 11 is 0. The van der Waals surface area contributed by atoms with Crippen molar-refractivity contribution in [1.82, 2.24) is 14.9 Å². The van der Waals surface area contributed by atoms with Crippen LogP contribution in [0.2, 0.25) is 0 Å². The lowest BCUT2D eigenvalue weighted by atomic mass is 10.0. The maximum Gasteiger partial charge on any atom is 0.254 e. The third-order valence-corrected chi connectivity index (χ3v) is 6.22. The normalized spacial score (nSPS) is 11.8. The van der Waals surface area contributed by atoms with Gasteiger partial charge in [0.05, 0.1) is 23.2 Å². The van der Waals surface area contributed by atoms with Crippen molar-refractivity contribution in [2.75, 3.05) is 0 Å². The van der Waals surface area contributed by atoms with Crippen molar-refractivity contribution < 1.29 is 4.79 Å². The molecular formula is C27H26N4O2. The van der Waals surface area contributed by atoms with Crippen molar-refractivity contribution >= 4 is 16.8 Å². The van der Waals surface area contributed by atoms with Gasteiger partial charge in [-0.2, -0.15) is 5.26 Å². The SMILES string of the molecule is Cc1cc(C)c(CNC(=O)c2c(C)n(C(C)c3ccccc3C#N)c3ccccc23)c(=O)[nH]1. The number of aryl methyl sites for hydroxylation is 2. The number of H-pyrrole nitrogens is 1. The van der Waals surface area contributed by atoms with E-state index in [2.05, 4.69) is 20.9 Å². The maximum atomic E-state index is 13.3. The van der Waals surface area contributed by atoms with Gasteiger partial charge < -0.3 is 14.9 Å². The molecule has 33 heavy (non-hydrogen) atoms. The zero-order valence-corrected chi connectivity index (χ0v) is 19.2. The first-order valence-electron chi connectivity index (χ1n) is 10.9. The summed E-state index contributed by atoms with van der Waals surface area (Å²) in [6.07, 6.45) is 0. The minimum atomic E-state index is -0.234. The summed E-state index contributed by atoms with van der Waals surface area (Å²) < 4.78 is 2.10. The Hall–Kier alpha value is -4.11. The second kappa shape index (κ2) is 8.79. The van der Waals surface area contributed by atoms with Crippen LogP contribution < -0.4 is 10.9 Å². The van der Waals surface area contributed by atoms with E-state index in [0.29, 0.717) is 16.7 Å². The van der Waals surface area contributed by atoms with Gasteiger partial charge >= 0.3 is 0 Å². The molecule has 2 aromatic heterocycles. The van der Waals surface area contributed by atoms with E-state index in [1.165, 1.54) is 0 Å². The quantitative estimate of drug-likeness (QED) is 0.475. The molecule has 2 heterocycles. The average molecular weight is 439 g/mol. The molecule has 1 atom stereocenters. The van der Waals surface area contributed by atoms with Crippen molar-refractivity contribution in [3.8, 4) is 6.07 Å². The van der Waals surface area contributed by atoms with Crippen LogP contribution in [0.15, 0.2) is 59.4 Å². The van der Waals surface area contributed by atoms with Crippen LogP contribution in [0, 0.1) is 32.1 Å². The van der Waals surface area contributed by atoms with Crippen LogP contribution in [0.1, 0.15) is 57.0 Å². The highest BCUT2D eigenvalue weighted by Crippen LogP contribution is 2.32. The highest BCUT2D eigenvalue weighted by atomic mass is 16.2. The molecule has 6 nitrogen and oxygen atoms in total. The van der Waals surface area contributed by atoms with E-state index < -0.39 is 0 Å². The van der Waals surface area contributed by atoms with Crippen molar-refractivity contribution in [2.45, 2.75) is 40.3 Å². The summed E-state index contributed by atoms with van der Waals surface area (Å²) in [4.78, 5) is 28.5. The third kappa shape index (κ3) is 3.94. The lowest BCUT2D eigenvalue weighted by molar-refractivity contribution is 0.0951. The summed E-state index contributed by atoms with van der Waals surface area (Å²) in [5, 5.41) is 13.4. The highest BCUT2D eigenvalue weighted by Gasteiger charge is 2.24. The van der Waals surface area contributed by atoms with Crippen LogP contribution in [0.3, 0.4) is 0 Å². The average Bonchev–Trinajstić information content (AvgIpc) is 3.09. The Morgan fingerprint density at radius 1 is 1.12 bits per heavy atom. The molecule has 0 saturated carbocycles. The molecule has 0 fully saturated rings. The Morgan fingerprint density at radius 2 is 1.82 bits per heavy atom. The molecule has 0 bridgehead atoms. The van der Waals surface area contributed by atoms with E-state index >= 15 is 0 Å². The highest BCUT2D eigenvalue weighted by molar-refractivity contribution is 6.08. The van der Waals surface area contributed by atoms with Gasteiger partial charge in [0.1, 0.15) is 0 Å². The van der Waals surface area contributed by atoms with Crippen molar-refractivity contribution in [3.05, 3.63) is 104 Å². The van der Waals surface area contributed by atoms with Crippen LogP contribution in [-0.2, 0) is 6.54 Å². The molecule has 0 aliphatic carbocycles. The molecule has 1 amide bonds. The third-order valence-electron chi connectivity index (χ3n) is 6.22. The van der Waals surface area contributed by atoms with Gasteiger partial charge in [0, 0.05) is 34.4 Å². The van der Waals surface area contributed by atoms with Crippen LogP contribution in [0.5, 0.6) is 0 Å². The molecule has 4 rings (SSSR count). The van der Waals surface area contributed by atoms with Gasteiger partial charge in [-0.25, -0.2) is 0 Å². The number of hydrogen-bond acceptors (Lipinski definition) is 3. The number of pyridine rings is 1. The smallest absolute Gasteiger partial charge is 0.254 e. The molecule has 6 heteroatoms. The van der Waals surface area contributed by atoms with Gasteiger partial charge in [0.15, 0.2) is 0 Å². The standard InChI is InChI=1S/C27H26N4O2/c1-16-13-17(2)30-26(32)23(16)15-29-27(33)25-19(4)31(24-12-8-7-11-22(24)25)18(3)21-10-6-5-9-20(21)14-28/h5-13,18H,15H2,1-4H3,(H,29,33)(H,30,32). The number of aromatic amines is 1. The van der Waals surface area contributed by atoms with Crippen molar-refractivity contribution in [2.24, 2.45) is 0 Å². The lowest BCUT2D eigenvalue weighted by Gasteiger charge is -2.19. The van der Waals surface area contributed by atoms with Gasteiger partial charge in [0.2, 0.25) is 0 Å².